The monoisotopic (exact) mass is 300 g/mol. The molecule has 0 spiro atoms. The van der Waals surface area contributed by atoms with E-state index in [9.17, 15) is 4.79 Å². The van der Waals surface area contributed by atoms with Gasteiger partial charge in [0.15, 0.2) is 6.10 Å². The molecule has 1 amide bonds. The lowest BCUT2D eigenvalue weighted by molar-refractivity contribution is -0.122. The highest BCUT2D eigenvalue weighted by Gasteiger charge is 2.17. The lowest BCUT2D eigenvalue weighted by Crippen LogP contribution is -2.30. The topological polar surface area (TPSA) is 73.6 Å². The summed E-state index contributed by atoms with van der Waals surface area (Å²) in [5, 5.41) is 2.81. The van der Waals surface area contributed by atoms with E-state index in [2.05, 4.69) is 5.32 Å². The van der Waals surface area contributed by atoms with Gasteiger partial charge in [-0.25, -0.2) is 0 Å². The highest BCUT2D eigenvalue weighted by atomic mass is 16.5. The van der Waals surface area contributed by atoms with Gasteiger partial charge in [0.25, 0.3) is 5.91 Å². The Balaban J connectivity index is 2.04. The number of rotatable bonds is 6. The van der Waals surface area contributed by atoms with Gasteiger partial charge >= 0.3 is 0 Å². The molecule has 22 heavy (non-hydrogen) atoms. The highest BCUT2D eigenvalue weighted by molar-refractivity contribution is 5.95. The Kier molecular flexibility index (Phi) is 5.25. The molecule has 1 unspecified atom stereocenters. The molecule has 0 heterocycles. The Hall–Kier alpha value is -2.69. The van der Waals surface area contributed by atoms with Crippen LogP contribution in [0.2, 0.25) is 0 Å². The molecular formula is C17H20N2O3. The number of hydrogen-bond acceptors (Lipinski definition) is 4. The van der Waals surface area contributed by atoms with Gasteiger partial charge in [-0.2, -0.15) is 0 Å². The second kappa shape index (κ2) is 7.36. The van der Waals surface area contributed by atoms with Crippen LogP contribution < -0.4 is 20.5 Å². The summed E-state index contributed by atoms with van der Waals surface area (Å²) in [6.45, 7) is 4.09. The van der Waals surface area contributed by atoms with Gasteiger partial charge in [0.05, 0.1) is 18.0 Å². The summed E-state index contributed by atoms with van der Waals surface area (Å²) in [6, 6.07) is 14.3. The minimum Gasteiger partial charge on any atom is -0.492 e. The van der Waals surface area contributed by atoms with Gasteiger partial charge in [0, 0.05) is 0 Å². The van der Waals surface area contributed by atoms with Gasteiger partial charge in [0.1, 0.15) is 11.5 Å². The summed E-state index contributed by atoms with van der Waals surface area (Å²) in [6.07, 6.45) is -0.681. The van der Waals surface area contributed by atoms with Crippen LogP contribution in [0.4, 0.5) is 11.4 Å². The molecule has 2 aromatic carbocycles. The lowest BCUT2D eigenvalue weighted by Gasteiger charge is -2.17. The Morgan fingerprint density at radius 1 is 1.14 bits per heavy atom. The quantitative estimate of drug-likeness (QED) is 0.804. The standard InChI is InChI=1S/C17H20N2O3/c1-3-21-16-11-7-5-9-14(16)19-17(20)12(2)22-15-10-6-4-8-13(15)18/h4-12H,3,18H2,1-2H3,(H,19,20). The van der Waals surface area contributed by atoms with Gasteiger partial charge in [0.2, 0.25) is 0 Å². The largest absolute Gasteiger partial charge is 0.492 e. The molecule has 5 nitrogen and oxygen atoms in total. The number of ether oxygens (including phenoxy) is 2. The van der Waals surface area contributed by atoms with E-state index in [1.165, 1.54) is 0 Å². The predicted molar refractivity (Wildman–Crippen MR) is 87.2 cm³/mol. The molecule has 0 fully saturated rings. The number of benzene rings is 2. The Morgan fingerprint density at radius 3 is 2.45 bits per heavy atom. The summed E-state index contributed by atoms with van der Waals surface area (Å²) in [5.74, 6) is 0.850. The van der Waals surface area contributed by atoms with Crippen molar-refractivity contribution in [2.24, 2.45) is 0 Å². The van der Waals surface area contributed by atoms with E-state index in [-0.39, 0.29) is 5.91 Å². The first kappa shape index (κ1) is 15.7. The molecule has 0 radical (unpaired) electrons. The van der Waals surface area contributed by atoms with Crippen molar-refractivity contribution < 1.29 is 14.3 Å². The van der Waals surface area contributed by atoms with E-state index in [1.807, 2.05) is 25.1 Å². The molecular weight excluding hydrogens is 280 g/mol. The molecule has 0 aliphatic rings. The summed E-state index contributed by atoms with van der Waals surface area (Å²) in [5.41, 5.74) is 6.92. The van der Waals surface area contributed by atoms with Crippen LogP contribution in [0.25, 0.3) is 0 Å². The maximum atomic E-state index is 12.3. The Bertz CT molecular complexity index is 643. The number of nitrogen functional groups attached to an aromatic ring is 1. The third kappa shape index (κ3) is 3.91. The van der Waals surface area contributed by atoms with E-state index in [0.717, 1.165) is 0 Å². The molecule has 0 aliphatic heterocycles. The number of nitrogens with one attached hydrogen (secondary N) is 1. The molecule has 0 aliphatic carbocycles. The second-order valence-corrected chi connectivity index (χ2v) is 4.72. The zero-order chi connectivity index (χ0) is 15.9. The van der Waals surface area contributed by atoms with Crippen LogP contribution in [0.5, 0.6) is 11.5 Å². The maximum Gasteiger partial charge on any atom is 0.265 e. The van der Waals surface area contributed by atoms with Crippen molar-refractivity contribution in [1.29, 1.82) is 0 Å². The first-order valence-corrected chi connectivity index (χ1v) is 7.15. The van der Waals surface area contributed by atoms with Gasteiger partial charge < -0.3 is 20.5 Å². The number of anilines is 2. The average Bonchev–Trinajstić information content (AvgIpc) is 2.51. The maximum absolute atomic E-state index is 12.3. The molecule has 2 aromatic rings. The van der Waals surface area contributed by atoms with Crippen molar-refractivity contribution >= 4 is 17.3 Å². The SMILES string of the molecule is CCOc1ccccc1NC(=O)C(C)Oc1ccccc1N. The van der Waals surface area contributed by atoms with Crippen LogP contribution in [0, 0.1) is 0 Å². The second-order valence-electron chi connectivity index (χ2n) is 4.72. The molecule has 2 rings (SSSR count). The summed E-state index contributed by atoms with van der Waals surface area (Å²) >= 11 is 0. The van der Waals surface area contributed by atoms with Crippen LogP contribution in [0.3, 0.4) is 0 Å². The number of carbonyl (C=O) groups is 1. The highest BCUT2D eigenvalue weighted by Crippen LogP contribution is 2.25. The van der Waals surface area contributed by atoms with E-state index < -0.39 is 6.10 Å². The normalized spacial score (nSPS) is 11.5. The van der Waals surface area contributed by atoms with Crippen LogP contribution in [-0.4, -0.2) is 18.6 Å². The third-order valence-corrected chi connectivity index (χ3v) is 3.04. The molecule has 1 atom stereocenters. The van der Waals surface area contributed by atoms with Gasteiger partial charge in [-0.3, -0.25) is 4.79 Å². The minimum absolute atomic E-state index is 0.268. The first-order chi connectivity index (χ1) is 10.6. The smallest absolute Gasteiger partial charge is 0.265 e. The molecule has 0 aromatic heterocycles. The molecule has 0 saturated carbocycles. The Morgan fingerprint density at radius 2 is 1.77 bits per heavy atom. The Labute approximate surface area is 130 Å². The summed E-state index contributed by atoms with van der Waals surface area (Å²) in [4.78, 5) is 12.3. The van der Waals surface area contributed by atoms with Crippen LogP contribution in [0.1, 0.15) is 13.8 Å². The number of amides is 1. The summed E-state index contributed by atoms with van der Waals surface area (Å²) < 4.78 is 11.1. The summed E-state index contributed by atoms with van der Waals surface area (Å²) in [7, 11) is 0. The van der Waals surface area contributed by atoms with Crippen molar-refractivity contribution in [3.63, 3.8) is 0 Å². The molecule has 116 valence electrons. The first-order valence-electron chi connectivity index (χ1n) is 7.15. The van der Waals surface area contributed by atoms with Gasteiger partial charge in [-0.05, 0) is 38.1 Å². The average molecular weight is 300 g/mol. The third-order valence-electron chi connectivity index (χ3n) is 3.04. The minimum atomic E-state index is -0.681. The van der Waals surface area contributed by atoms with E-state index >= 15 is 0 Å². The van der Waals surface area contributed by atoms with Crippen LogP contribution in [0.15, 0.2) is 48.5 Å². The van der Waals surface area contributed by atoms with Crippen LogP contribution >= 0.6 is 0 Å². The zero-order valence-electron chi connectivity index (χ0n) is 12.7. The molecule has 0 saturated heterocycles. The fourth-order valence-corrected chi connectivity index (χ4v) is 1.92. The van der Waals surface area contributed by atoms with Crippen LogP contribution in [-0.2, 0) is 4.79 Å². The van der Waals surface area contributed by atoms with Crippen molar-refractivity contribution in [2.75, 3.05) is 17.7 Å². The fraction of sp³-hybridized carbons (Fsp3) is 0.235. The molecule has 3 N–H and O–H groups in total. The van der Waals surface area contributed by atoms with E-state index in [1.54, 1.807) is 37.3 Å². The van der Waals surface area contributed by atoms with Gasteiger partial charge in [-0.15, -0.1) is 0 Å². The van der Waals surface area contributed by atoms with Crippen molar-refractivity contribution in [1.82, 2.24) is 0 Å². The molecule has 0 bridgehead atoms. The number of nitrogens with two attached hydrogens (primary N) is 1. The number of para-hydroxylation sites is 4. The lowest BCUT2D eigenvalue weighted by atomic mass is 10.2. The van der Waals surface area contributed by atoms with Gasteiger partial charge in [-0.1, -0.05) is 24.3 Å². The predicted octanol–water partition coefficient (Wildman–Crippen LogP) is 3.07. The van der Waals surface area contributed by atoms with Crippen molar-refractivity contribution in [3.05, 3.63) is 48.5 Å². The van der Waals surface area contributed by atoms with Crippen molar-refractivity contribution in [3.8, 4) is 11.5 Å². The fourth-order valence-electron chi connectivity index (χ4n) is 1.92. The van der Waals surface area contributed by atoms with E-state index in [4.69, 9.17) is 15.2 Å². The van der Waals surface area contributed by atoms with E-state index in [0.29, 0.717) is 29.5 Å². The zero-order valence-corrected chi connectivity index (χ0v) is 12.7. The number of carbonyl (C=O) groups excluding carboxylic acids is 1. The molecule has 5 heteroatoms. The van der Waals surface area contributed by atoms with Crippen molar-refractivity contribution in [2.45, 2.75) is 20.0 Å². The number of hydrogen-bond donors (Lipinski definition) is 2.